The Hall–Kier alpha value is -1.52. The fourth-order valence-electron chi connectivity index (χ4n) is 2.32. The summed E-state index contributed by atoms with van der Waals surface area (Å²) in [5, 5.41) is 2.98. The SMILES string of the molecule is CNc1ncnc(OC2CCCCCC2)c1OC. The molecule has 0 radical (unpaired) electrons. The predicted octanol–water partition coefficient (Wildman–Crippen LogP) is 2.63. The van der Waals surface area contributed by atoms with Crippen molar-refractivity contribution in [3.63, 3.8) is 0 Å². The normalized spacial score (nSPS) is 17.0. The van der Waals surface area contributed by atoms with Crippen LogP contribution in [0.2, 0.25) is 0 Å². The van der Waals surface area contributed by atoms with E-state index in [9.17, 15) is 0 Å². The summed E-state index contributed by atoms with van der Waals surface area (Å²) in [7, 11) is 3.42. The van der Waals surface area contributed by atoms with Crippen LogP contribution in [0.4, 0.5) is 5.82 Å². The topological polar surface area (TPSA) is 56.3 Å². The average Bonchev–Trinajstić information content (AvgIpc) is 2.67. The summed E-state index contributed by atoms with van der Waals surface area (Å²) in [5.41, 5.74) is 0. The van der Waals surface area contributed by atoms with E-state index in [-0.39, 0.29) is 6.10 Å². The second-order valence-corrected chi connectivity index (χ2v) is 4.54. The van der Waals surface area contributed by atoms with E-state index >= 15 is 0 Å². The molecule has 100 valence electrons. The van der Waals surface area contributed by atoms with Crippen LogP contribution in [0.15, 0.2) is 6.33 Å². The molecule has 0 unspecified atom stereocenters. The minimum absolute atomic E-state index is 0.251. The summed E-state index contributed by atoms with van der Waals surface area (Å²) in [6.45, 7) is 0. The number of nitrogens with one attached hydrogen (secondary N) is 1. The Morgan fingerprint density at radius 1 is 1.17 bits per heavy atom. The third kappa shape index (κ3) is 3.03. The lowest BCUT2D eigenvalue weighted by Crippen LogP contribution is -2.17. The highest BCUT2D eigenvalue weighted by atomic mass is 16.5. The number of hydrogen-bond acceptors (Lipinski definition) is 5. The summed E-state index contributed by atoms with van der Waals surface area (Å²) in [4.78, 5) is 8.30. The van der Waals surface area contributed by atoms with E-state index in [1.807, 2.05) is 0 Å². The zero-order valence-corrected chi connectivity index (χ0v) is 11.1. The van der Waals surface area contributed by atoms with Gasteiger partial charge in [0, 0.05) is 7.05 Å². The minimum atomic E-state index is 0.251. The third-order valence-corrected chi connectivity index (χ3v) is 3.29. The van der Waals surface area contributed by atoms with Crippen molar-refractivity contribution < 1.29 is 9.47 Å². The fraction of sp³-hybridized carbons (Fsp3) is 0.692. The van der Waals surface area contributed by atoms with Crippen molar-refractivity contribution in [3.8, 4) is 11.6 Å². The molecule has 0 spiro atoms. The van der Waals surface area contributed by atoms with E-state index in [2.05, 4.69) is 15.3 Å². The zero-order valence-electron chi connectivity index (χ0n) is 11.1. The zero-order chi connectivity index (χ0) is 12.8. The largest absolute Gasteiger partial charge is 0.489 e. The Kier molecular flexibility index (Phi) is 4.61. The minimum Gasteiger partial charge on any atom is -0.489 e. The molecule has 1 heterocycles. The summed E-state index contributed by atoms with van der Waals surface area (Å²) < 4.78 is 11.3. The molecular formula is C13H21N3O2. The number of rotatable bonds is 4. The van der Waals surface area contributed by atoms with Crippen LogP contribution in [-0.2, 0) is 0 Å². The van der Waals surface area contributed by atoms with E-state index in [1.54, 1.807) is 14.2 Å². The third-order valence-electron chi connectivity index (χ3n) is 3.29. The van der Waals surface area contributed by atoms with E-state index in [0.29, 0.717) is 17.4 Å². The van der Waals surface area contributed by atoms with Crippen LogP contribution in [-0.4, -0.2) is 30.2 Å². The van der Waals surface area contributed by atoms with Gasteiger partial charge in [0.15, 0.2) is 5.82 Å². The monoisotopic (exact) mass is 251 g/mol. The summed E-state index contributed by atoms with van der Waals surface area (Å²) in [5.74, 6) is 1.80. The second-order valence-electron chi connectivity index (χ2n) is 4.54. The molecule has 1 aromatic heterocycles. The Bertz CT molecular complexity index is 376. The maximum Gasteiger partial charge on any atom is 0.262 e. The number of methoxy groups -OCH3 is 1. The number of nitrogens with zero attached hydrogens (tertiary/aromatic N) is 2. The van der Waals surface area contributed by atoms with Crippen molar-refractivity contribution in [2.75, 3.05) is 19.5 Å². The first-order valence-corrected chi connectivity index (χ1v) is 6.58. The van der Waals surface area contributed by atoms with Gasteiger partial charge in [-0.1, -0.05) is 12.8 Å². The maximum absolute atomic E-state index is 5.98. The molecule has 0 atom stereocenters. The molecule has 0 saturated heterocycles. The van der Waals surface area contributed by atoms with Crippen LogP contribution >= 0.6 is 0 Å². The number of aromatic nitrogens is 2. The van der Waals surface area contributed by atoms with E-state index < -0.39 is 0 Å². The van der Waals surface area contributed by atoms with Crippen LogP contribution in [0, 0.1) is 0 Å². The van der Waals surface area contributed by atoms with Gasteiger partial charge in [0.25, 0.3) is 5.88 Å². The molecule has 1 aromatic rings. The Morgan fingerprint density at radius 2 is 1.89 bits per heavy atom. The van der Waals surface area contributed by atoms with Gasteiger partial charge >= 0.3 is 0 Å². The van der Waals surface area contributed by atoms with Crippen LogP contribution < -0.4 is 14.8 Å². The lowest BCUT2D eigenvalue weighted by molar-refractivity contribution is 0.168. The lowest BCUT2D eigenvalue weighted by Gasteiger charge is -2.18. The van der Waals surface area contributed by atoms with Crippen molar-refractivity contribution >= 4 is 5.82 Å². The first-order chi connectivity index (χ1) is 8.85. The standard InChI is InChI=1S/C13H21N3O2/c1-14-12-11(17-2)13(16-9-15-12)18-10-7-5-3-4-6-8-10/h9-10H,3-8H2,1-2H3,(H,14,15,16). The Labute approximate surface area is 108 Å². The maximum atomic E-state index is 5.98. The van der Waals surface area contributed by atoms with Gasteiger partial charge in [-0.25, -0.2) is 4.98 Å². The highest BCUT2D eigenvalue weighted by Gasteiger charge is 2.19. The molecule has 0 amide bonds. The molecule has 1 fully saturated rings. The van der Waals surface area contributed by atoms with Crippen LogP contribution in [0.3, 0.4) is 0 Å². The summed E-state index contributed by atoms with van der Waals surface area (Å²) in [6.07, 6.45) is 9.03. The van der Waals surface area contributed by atoms with Gasteiger partial charge in [0.05, 0.1) is 7.11 Å². The molecule has 18 heavy (non-hydrogen) atoms. The molecule has 0 bridgehead atoms. The van der Waals surface area contributed by atoms with Crippen molar-refractivity contribution in [2.45, 2.75) is 44.6 Å². The molecule has 5 heteroatoms. The molecule has 2 rings (SSSR count). The van der Waals surface area contributed by atoms with Crippen molar-refractivity contribution in [1.82, 2.24) is 9.97 Å². The van der Waals surface area contributed by atoms with E-state index in [4.69, 9.17) is 9.47 Å². The summed E-state index contributed by atoms with van der Waals surface area (Å²) >= 11 is 0. The summed E-state index contributed by atoms with van der Waals surface area (Å²) in [6, 6.07) is 0. The number of hydrogen-bond donors (Lipinski definition) is 1. The first kappa shape index (κ1) is 12.9. The van der Waals surface area contributed by atoms with Gasteiger partial charge in [-0.2, -0.15) is 4.98 Å². The number of anilines is 1. The van der Waals surface area contributed by atoms with E-state index in [0.717, 1.165) is 12.8 Å². The number of ether oxygens (including phenoxy) is 2. The van der Waals surface area contributed by atoms with Gasteiger partial charge in [-0.3, -0.25) is 0 Å². The van der Waals surface area contributed by atoms with Crippen LogP contribution in [0.25, 0.3) is 0 Å². The molecule has 0 aliphatic heterocycles. The van der Waals surface area contributed by atoms with Gasteiger partial charge in [-0.05, 0) is 25.7 Å². The Morgan fingerprint density at radius 3 is 2.50 bits per heavy atom. The Balaban J connectivity index is 2.12. The highest BCUT2D eigenvalue weighted by Crippen LogP contribution is 2.32. The van der Waals surface area contributed by atoms with Gasteiger partial charge in [0.2, 0.25) is 5.75 Å². The van der Waals surface area contributed by atoms with Crippen LogP contribution in [0.5, 0.6) is 11.6 Å². The molecule has 0 aromatic carbocycles. The van der Waals surface area contributed by atoms with E-state index in [1.165, 1.54) is 32.0 Å². The molecule has 1 aliphatic carbocycles. The average molecular weight is 251 g/mol. The molecule has 1 aliphatic rings. The van der Waals surface area contributed by atoms with Crippen molar-refractivity contribution in [3.05, 3.63) is 6.33 Å². The van der Waals surface area contributed by atoms with Crippen molar-refractivity contribution in [2.24, 2.45) is 0 Å². The molecule has 1 N–H and O–H groups in total. The quantitative estimate of drug-likeness (QED) is 0.834. The fourth-order valence-corrected chi connectivity index (χ4v) is 2.32. The van der Waals surface area contributed by atoms with Crippen molar-refractivity contribution in [1.29, 1.82) is 0 Å². The van der Waals surface area contributed by atoms with Gasteiger partial charge in [0.1, 0.15) is 12.4 Å². The first-order valence-electron chi connectivity index (χ1n) is 6.58. The van der Waals surface area contributed by atoms with Gasteiger partial charge < -0.3 is 14.8 Å². The molecular weight excluding hydrogens is 230 g/mol. The lowest BCUT2D eigenvalue weighted by atomic mass is 10.1. The highest BCUT2D eigenvalue weighted by molar-refractivity contribution is 5.54. The van der Waals surface area contributed by atoms with Crippen LogP contribution in [0.1, 0.15) is 38.5 Å². The molecule has 1 saturated carbocycles. The smallest absolute Gasteiger partial charge is 0.262 e. The van der Waals surface area contributed by atoms with Gasteiger partial charge in [-0.15, -0.1) is 0 Å². The predicted molar refractivity (Wildman–Crippen MR) is 70.2 cm³/mol. The molecule has 5 nitrogen and oxygen atoms in total. The second kappa shape index (κ2) is 6.42.